The molecule has 0 unspecified atom stereocenters. The molecule has 2 aromatic heterocycles. The first-order valence-corrected chi connectivity index (χ1v) is 8.39. The number of aromatic amines is 1. The lowest BCUT2D eigenvalue weighted by Crippen LogP contribution is -1.96. The fourth-order valence-corrected chi connectivity index (χ4v) is 3.13. The molecule has 0 aliphatic rings. The Morgan fingerprint density at radius 1 is 1.00 bits per heavy atom. The lowest BCUT2D eigenvalue weighted by molar-refractivity contribution is 0.202. The van der Waals surface area contributed by atoms with Crippen molar-refractivity contribution in [1.82, 2.24) is 9.97 Å². The highest BCUT2D eigenvalue weighted by Crippen LogP contribution is 2.31. The van der Waals surface area contributed by atoms with E-state index in [0.29, 0.717) is 13.2 Å². The summed E-state index contributed by atoms with van der Waals surface area (Å²) in [6.45, 7) is 1.24. The Bertz CT molecular complexity index is 993. The number of pyridine rings is 1. The summed E-state index contributed by atoms with van der Waals surface area (Å²) in [5, 5.41) is 2.36. The lowest BCUT2D eigenvalue weighted by Gasteiger charge is -2.07. The van der Waals surface area contributed by atoms with Gasteiger partial charge in [0.1, 0.15) is 12.4 Å². The first kappa shape index (κ1) is 15.7. The summed E-state index contributed by atoms with van der Waals surface area (Å²) in [6.07, 6.45) is 4.63. The van der Waals surface area contributed by atoms with Crippen LogP contribution in [0.5, 0.6) is 5.75 Å². The van der Waals surface area contributed by atoms with Crippen LogP contribution in [0, 0.1) is 0 Å². The van der Waals surface area contributed by atoms with E-state index in [0.717, 1.165) is 34.2 Å². The van der Waals surface area contributed by atoms with Gasteiger partial charge in [0.15, 0.2) is 0 Å². The van der Waals surface area contributed by atoms with Crippen LogP contribution < -0.4 is 4.74 Å². The molecule has 0 radical (unpaired) electrons. The number of hydrogen-bond donors (Lipinski definition) is 1. The van der Waals surface area contributed by atoms with Crippen LogP contribution in [0.25, 0.3) is 21.8 Å². The highest BCUT2D eigenvalue weighted by atomic mass is 16.5. The van der Waals surface area contributed by atoms with Gasteiger partial charge in [-0.1, -0.05) is 30.3 Å². The maximum Gasteiger partial charge on any atom is 0.120 e. The zero-order valence-corrected chi connectivity index (χ0v) is 14.2. The largest absolute Gasteiger partial charge is 0.489 e. The first-order chi connectivity index (χ1) is 12.3. The molecule has 0 aliphatic carbocycles. The van der Waals surface area contributed by atoms with Gasteiger partial charge in [-0.05, 0) is 35.7 Å². The molecule has 1 N–H and O–H groups in total. The molecule has 0 atom stereocenters. The highest BCUT2D eigenvalue weighted by molar-refractivity contribution is 6.09. The monoisotopic (exact) mass is 332 g/mol. The van der Waals surface area contributed by atoms with E-state index < -0.39 is 0 Å². The number of hydrogen-bond acceptors (Lipinski definition) is 3. The van der Waals surface area contributed by atoms with Crippen LogP contribution in [0.1, 0.15) is 11.1 Å². The second-order valence-corrected chi connectivity index (χ2v) is 6.07. The molecule has 2 heterocycles. The van der Waals surface area contributed by atoms with Crippen LogP contribution in [0.4, 0.5) is 0 Å². The van der Waals surface area contributed by atoms with E-state index in [4.69, 9.17) is 9.47 Å². The van der Waals surface area contributed by atoms with E-state index in [1.54, 1.807) is 7.11 Å². The van der Waals surface area contributed by atoms with Gasteiger partial charge in [-0.3, -0.25) is 4.98 Å². The van der Waals surface area contributed by atoms with Crippen molar-refractivity contribution in [2.24, 2.45) is 0 Å². The summed E-state index contributed by atoms with van der Waals surface area (Å²) >= 11 is 0. The maximum atomic E-state index is 5.99. The third kappa shape index (κ3) is 3.21. The number of rotatable bonds is 6. The Balaban J connectivity index is 1.69. The Labute approximate surface area is 146 Å². The Kier molecular flexibility index (Phi) is 4.36. The summed E-state index contributed by atoms with van der Waals surface area (Å²) < 4.78 is 11.2. The van der Waals surface area contributed by atoms with Crippen LogP contribution in [0.2, 0.25) is 0 Å². The molecule has 0 amide bonds. The average Bonchev–Trinajstić information content (AvgIpc) is 3.04. The van der Waals surface area contributed by atoms with Gasteiger partial charge in [-0.15, -0.1) is 0 Å². The zero-order valence-electron chi connectivity index (χ0n) is 14.2. The van der Waals surface area contributed by atoms with Crippen molar-refractivity contribution in [2.45, 2.75) is 13.0 Å². The molecule has 4 heteroatoms. The van der Waals surface area contributed by atoms with E-state index in [9.17, 15) is 0 Å². The minimum Gasteiger partial charge on any atom is -0.489 e. The first-order valence-electron chi connectivity index (χ1n) is 8.39. The van der Waals surface area contributed by atoms with Gasteiger partial charge in [-0.25, -0.2) is 0 Å². The van der Waals surface area contributed by atoms with Crippen molar-refractivity contribution >= 4 is 21.8 Å². The summed E-state index contributed by atoms with van der Waals surface area (Å²) in [4.78, 5) is 7.78. The minimum atomic E-state index is 0.562. The van der Waals surface area contributed by atoms with Gasteiger partial charge in [0.25, 0.3) is 0 Å². The number of benzene rings is 2. The summed E-state index contributed by atoms with van der Waals surface area (Å²) in [5.41, 5.74) is 4.48. The van der Waals surface area contributed by atoms with Crippen molar-refractivity contribution in [3.8, 4) is 5.75 Å². The standard InChI is InChI=1S/C21H20N2O2/c1-24-10-9-16-12-22-13-20-21(16)18-11-17(7-8-19(18)23-20)25-14-15-5-3-2-4-6-15/h2-8,11-13,23H,9-10,14H2,1H3. The van der Waals surface area contributed by atoms with Crippen molar-refractivity contribution in [3.05, 3.63) is 72.1 Å². The normalized spacial score (nSPS) is 11.2. The maximum absolute atomic E-state index is 5.99. The third-order valence-electron chi connectivity index (χ3n) is 4.38. The number of nitrogens with one attached hydrogen (secondary N) is 1. The van der Waals surface area contributed by atoms with Gasteiger partial charge >= 0.3 is 0 Å². The van der Waals surface area contributed by atoms with Crippen molar-refractivity contribution in [1.29, 1.82) is 0 Å². The van der Waals surface area contributed by atoms with Crippen molar-refractivity contribution < 1.29 is 9.47 Å². The molecule has 0 aliphatic heterocycles. The molecule has 25 heavy (non-hydrogen) atoms. The van der Waals surface area contributed by atoms with Gasteiger partial charge < -0.3 is 14.5 Å². The second-order valence-electron chi connectivity index (χ2n) is 6.07. The van der Waals surface area contributed by atoms with Gasteiger partial charge in [0.2, 0.25) is 0 Å². The average molecular weight is 332 g/mol. The molecule has 0 saturated carbocycles. The van der Waals surface area contributed by atoms with E-state index >= 15 is 0 Å². The van der Waals surface area contributed by atoms with E-state index in [1.807, 2.05) is 36.7 Å². The number of fused-ring (bicyclic) bond motifs is 3. The van der Waals surface area contributed by atoms with Crippen LogP contribution in [-0.2, 0) is 17.8 Å². The number of aromatic nitrogens is 2. The molecule has 4 nitrogen and oxygen atoms in total. The van der Waals surface area contributed by atoms with Crippen LogP contribution in [0.3, 0.4) is 0 Å². The predicted molar refractivity (Wildman–Crippen MR) is 100.0 cm³/mol. The van der Waals surface area contributed by atoms with Crippen LogP contribution in [-0.4, -0.2) is 23.7 Å². The van der Waals surface area contributed by atoms with Gasteiger partial charge in [0.05, 0.1) is 18.3 Å². The van der Waals surface area contributed by atoms with Crippen LogP contribution in [0.15, 0.2) is 60.9 Å². The second kappa shape index (κ2) is 6.95. The van der Waals surface area contributed by atoms with Crippen molar-refractivity contribution in [3.63, 3.8) is 0 Å². The smallest absolute Gasteiger partial charge is 0.120 e. The molecule has 0 saturated heterocycles. The summed E-state index contributed by atoms with van der Waals surface area (Å²) in [7, 11) is 1.72. The number of nitrogens with zero attached hydrogens (tertiary/aromatic N) is 1. The SMILES string of the molecule is COCCc1cncc2[nH]c3ccc(OCc4ccccc4)cc3c12. The fraction of sp³-hybridized carbons (Fsp3) is 0.190. The molecular formula is C21H20N2O2. The predicted octanol–water partition coefficient (Wildman–Crippen LogP) is 4.48. The van der Waals surface area contributed by atoms with E-state index in [-0.39, 0.29) is 0 Å². The van der Waals surface area contributed by atoms with Crippen LogP contribution >= 0.6 is 0 Å². The summed E-state index contributed by atoms with van der Waals surface area (Å²) in [5.74, 6) is 0.867. The number of ether oxygens (including phenoxy) is 2. The van der Waals surface area contributed by atoms with E-state index in [1.165, 1.54) is 10.9 Å². The third-order valence-corrected chi connectivity index (χ3v) is 4.38. The molecule has 2 aromatic carbocycles. The molecule has 0 fully saturated rings. The summed E-state index contributed by atoms with van der Waals surface area (Å²) in [6, 6.07) is 16.4. The number of methoxy groups -OCH3 is 1. The molecule has 126 valence electrons. The molecule has 0 bridgehead atoms. The Hall–Kier alpha value is -2.85. The quantitative estimate of drug-likeness (QED) is 0.566. The Morgan fingerprint density at radius 2 is 1.88 bits per heavy atom. The minimum absolute atomic E-state index is 0.562. The highest BCUT2D eigenvalue weighted by Gasteiger charge is 2.10. The van der Waals surface area contributed by atoms with Gasteiger partial charge in [-0.2, -0.15) is 0 Å². The lowest BCUT2D eigenvalue weighted by atomic mass is 10.1. The zero-order chi connectivity index (χ0) is 17.1. The fourth-order valence-electron chi connectivity index (χ4n) is 3.13. The van der Waals surface area contributed by atoms with Crippen molar-refractivity contribution in [2.75, 3.05) is 13.7 Å². The van der Waals surface area contributed by atoms with Gasteiger partial charge in [0, 0.05) is 29.6 Å². The molecule has 4 rings (SSSR count). The number of H-pyrrole nitrogens is 1. The molecule has 0 spiro atoms. The van der Waals surface area contributed by atoms with E-state index in [2.05, 4.69) is 34.2 Å². The molecular weight excluding hydrogens is 312 g/mol. The topological polar surface area (TPSA) is 47.1 Å². The Morgan fingerprint density at radius 3 is 2.72 bits per heavy atom. The molecule has 4 aromatic rings.